The van der Waals surface area contributed by atoms with Gasteiger partial charge < -0.3 is 5.32 Å². The van der Waals surface area contributed by atoms with E-state index in [9.17, 15) is 13.2 Å². The zero-order chi connectivity index (χ0) is 15.5. The third kappa shape index (κ3) is 3.81. The van der Waals surface area contributed by atoms with Crippen molar-refractivity contribution in [3.63, 3.8) is 0 Å². The summed E-state index contributed by atoms with van der Waals surface area (Å²) < 4.78 is 39.3. The molecule has 0 aliphatic rings. The van der Waals surface area contributed by atoms with E-state index in [1.807, 2.05) is 6.92 Å². The molecule has 4 nitrogen and oxygen atoms in total. The predicted octanol–water partition coefficient (Wildman–Crippen LogP) is 3.09. The molecule has 21 heavy (non-hydrogen) atoms. The topological polar surface area (TPSA) is 42.7 Å². The van der Waals surface area contributed by atoms with Gasteiger partial charge in [-0.1, -0.05) is 6.92 Å². The van der Waals surface area contributed by atoms with Crippen molar-refractivity contribution in [3.05, 3.63) is 41.5 Å². The Morgan fingerprint density at radius 1 is 1.29 bits per heavy atom. The van der Waals surface area contributed by atoms with Crippen molar-refractivity contribution < 1.29 is 13.2 Å². The van der Waals surface area contributed by atoms with Crippen molar-refractivity contribution in [2.75, 3.05) is 6.54 Å². The van der Waals surface area contributed by atoms with Gasteiger partial charge in [0.15, 0.2) is 0 Å². The molecule has 0 amide bonds. The Morgan fingerprint density at radius 2 is 2.05 bits per heavy atom. The third-order valence-electron chi connectivity index (χ3n) is 3.00. The Morgan fingerprint density at radius 3 is 2.67 bits per heavy atom. The molecule has 0 atom stereocenters. The Kier molecular flexibility index (Phi) is 4.62. The van der Waals surface area contributed by atoms with Crippen molar-refractivity contribution in [1.82, 2.24) is 20.1 Å². The standard InChI is InChI=1S/C14H17F3N4/c1-3-4-18-6-11-7-19-10(2)5-13(11)21-9-12(8-20-21)14(15,16)17/h5,7-9,18H,3-4,6H2,1-2H3. The van der Waals surface area contributed by atoms with Crippen LogP contribution in [-0.4, -0.2) is 21.3 Å². The summed E-state index contributed by atoms with van der Waals surface area (Å²) in [6, 6.07) is 1.73. The maximum Gasteiger partial charge on any atom is 0.419 e. The highest BCUT2D eigenvalue weighted by Crippen LogP contribution is 2.29. The largest absolute Gasteiger partial charge is 0.419 e. The van der Waals surface area contributed by atoms with E-state index in [1.165, 1.54) is 4.68 Å². The predicted molar refractivity (Wildman–Crippen MR) is 73.1 cm³/mol. The molecular weight excluding hydrogens is 281 g/mol. The van der Waals surface area contributed by atoms with Crippen LogP contribution in [0.25, 0.3) is 5.69 Å². The Bertz CT molecular complexity index is 605. The maximum atomic E-state index is 12.7. The van der Waals surface area contributed by atoms with Gasteiger partial charge in [-0.15, -0.1) is 0 Å². The molecule has 0 aliphatic carbocycles. The van der Waals surface area contributed by atoms with E-state index in [0.717, 1.165) is 36.6 Å². The molecule has 0 unspecified atom stereocenters. The van der Waals surface area contributed by atoms with Gasteiger partial charge in [0.1, 0.15) is 0 Å². The zero-order valence-corrected chi connectivity index (χ0v) is 11.9. The molecule has 0 fully saturated rings. The van der Waals surface area contributed by atoms with E-state index in [4.69, 9.17) is 0 Å². The van der Waals surface area contributed by atoms with Crippen molar-refractivity contribution in [3.8, 4) is 5.69 Å². The van der Waals surface area contributed by atoms with Gasteiger partial charge in [-0.3, -0.25) is 4.98 Å². The lowest BCUT2D eigenvalue weighted by Gasteiger charge is -2.11. The summed E-state index contributed by atoms with van der Waals surface area (Å²) in [5, 5.41) is 7.04. The molecule has 7 heteroatoms. The lowest BCUT2D eigenvalue weighted by Crippen LogP contribution is -2.16. The van der Waals surface area contributed by atoms with Gasteiger partial charge in [-0.25, -0.2) is 4.68 Å². The van der Waals surface area contributed by atoms with Gasteiger partial charge in [-0.2, -0.15) is 18.3 Å². The molecular formula is C14H17F3N4. The van der Waals surface area contributed by atoms with Crippen molar-refractivity contribution >= 4 is 0 Å². The second-order valence-electron chi connectivity index (χ2n) is 4.80. The number of nitrogens with one attached hydrogen (secondary N) is 1. The number of hydrogen-bond acceptors (Lipinski definition) is 3. The highest BCUT2D eigenvalue weighted by atomic mass is 19.4. The fourth-order valence-electron chi connectivity index (χ4n) is 1.92. The van der Waals surface area contributed by atoms with Crippen LogP contribution in [-0.2, 0) is 12.7 Å². The summed E-state index contributed by atoms with van der Waals surface area (Å²) >= 11 is 0. The molecule has 0 bridgehead atoms. The summed E-state index contributed by atoms with van der Waals surface area (Å²) in [5.41, 5.74) is 1.39. The van der Waals surface area contributed by atoms with Crippen LogP contribution in [0.15, 0.2) is 24.7 Å². The summed E-state index contributed by atoms with van der Waals surface area (Å²) in [6.45, 7) is 5.21. The molecule has 0 saturated carbocycles. The van der Waals surface area contributed by atoms with E-state index in [0.29, 0.717) is 12.2 Å². The van der Waals surface area contributed by atoms with Crippen molar-refractivity contribution in [2.24, 2.45) is 0 Å². The molecule has 2 rings (SSSR count). The molecule has 2 heterocycles. The molecule has 0 aliphatic heterocycles. The minimum absolute atomic E-state index is 0.539. The van der Waals surface area contributed by atoms with Crippen molar-refractivity contribution in [1.29, 1.82) is 0 Å². The van der Waals surface area contributed by atoms with Crippen LogP contribution >= 0.6 is 0 Å². The quantitative estimate of drug-likeness (QED) is 0.863. The number of halogens is 3. The molecule has 0 saturated heterocycles. The van der Waals surface area contributed by atoms with E-state index in [1.54, 1.807) is 19.2 Å². The summed E-state index contributed by atoms with van der Waals surface area (Å²) in [4.78, 5) is 4.20. The molecule has 0 aromatic carbocycles. The Balaban J connectivity index is 2.33. The second kappa shape index (κ2) is 6.26. The molecule has 0 spiro atoms. The fourth-order valence-corrected chi connectivity index (χ4v) is 1.92. The third-order valence-corrected chi connectivity index (χ3v) is 3.00. The van der Waals surface area contributed by atoms with Crippen LogP contribution in [0.1, 0.15) is 30.2 Å². The molecule has 2 aromatic rings. The first-order valence-corrected chi connectivity index (χ1v) is 6.70. The molecule has 2 aromatic heterocycles. The van der Waals surface area contributed by atoms with Gasteiger partial charge in [-0.05, 0) is 26.0 Å². The minimum atomic E-state index is -4.39. The number of hydrogen-bond donors (Lipinski definition) is 1. The lowest BCUT2D eigenvalue weighted by atomic mass is 10.2. The smallest absolute Gasteiger partial charge is 0.313 e. The number of nitrogens with zero attached hydrogens (tertiary/aromatic N) is 3. The second-order valence-corrected chi connectivity index (χ2v) is 4.80. The van der Waals surface area contributed by atoms with Gasteiger partial charge >= 0.3 is 6.18 Å². The maximum absolute atomic E-state index is 12.7. The van der Waals surface area contributed by atoms with Gasteiger partial charge in [0, 0.05) is 30.2 Å². The van der Waals surface area contributed by atoms with Crippen LogP contribution in [0, 0.1) is 6.92 Å². The van der Waals surface area contributed by atoms with E-state index in [-0.39, 0.29) is 0 Å². The lowest BCUT2D eigenvalue weighted by molar-refractivity contribution is -0.137. The highest BCUT2D eigenvalue weighted by Gasteiger charge is 2.32. The summed E-state index contributed by atoms with van der Waals surface area (Å²) in [5.74, 6) is 0. The van der Waals surface area contributed by atoms with Gasteiger partial charge in [0.25, 0.3) is 0 Å². The summed E-state index contributed by atoms with van der Waals surface area (Å²) in [7, 11) is 0. The first-order valence-electron chi connectivity index (χ1n) is 6.70. The van der Waals surface area contributed by atoms with Gasteiger partial charge in [0.05, 0.1) is 17.4 Å². The van der Waals surface area contributed by atoms with E-state index < -0.39 is 11.7 Å². The number of aryl methyl sites for hydroxylation is 1. The highest BCUT2D eigenvalue weighted by molar-refractivity contribution is 5.40. The van der Waals surface area contributed by atoms with E-state index >= 15 is 0 Å². The first kappa shape index (κ1) is 15.5. The number of rotatable bonds is 5. The van der Waals surface area contributed by atoms with Crippen LogP contribution in [0.5, 0.6) is 0 Å². The Labute approximate surface area is 121 Å². The average molecular weight is 298 g/mol. The van der Waals surface area contributed by atoms with Crippen LogP contribution in [0.2, 0.25) is 0 Å². The molecule has 1 N–H and O–H groups in total. The normalized spacial score (nSPS) is 11.9. The summed E-state index contributed by atoms with van der Waals surface area (Å²) in [6.07, 6.45) is 0.0922. The van der Waals surface area contributed by atoms with Crippen LogP contribution in [0.3, 0.4) is 0 Å². The molecule has 0 radical (unpaired) electrons. The number of aromatic nitrogens is 3. The number of alkyl halides is 3. The Hall–Kier alpha value is -1.89. The zero-order valence-electron chi connectivity index (χ0n) is 11.9. The minimum Gasteiger partial charge on any atom is -0.313 e. The van der Waals surface area contributed by atoms with Crippen molar-refractivity contribution in [2.45, 2.75) is 33.0 Å². The average Bonchev–Trinajstić information content (AvgIpc) is 2.90. The van der Waals surface area contributed by atoms with E-state index in [2.05, 4.69) is 15.4 Å². The fraction of sp³-hybridized carbons (Fsp3) is 0.429. The monoisotopic (exact) mass is 298 g/mol. The molecule has 114 valence electrons. The van der Waals surface area contributed by atoms with Gasteiger partial charge in [0.2, 0.25) is 0 Å². The SMILES string of the molecule is CCCNCc1cnc(C)cc1-n1cc(C(F)(F)F)cn1. The number of pyridine rings is 1. The van der Waals surface area contributed by atoms with Crippen LogP contribution < -0.4 is 5.32 Å². The van der Waals surface area contributed by atoms with Crippen LogP contribution in [0.4, 0.5) is 13.2 Å². The first-order chi connectivity index (χ1) is 9.91.